The standard InChI is InChI=1S/C40H27BrN4/c41-34-23-32(35-20-19-30-18-17-29-12-7-21-42-38(29)39(30)43-35)22-33(24-34)37-25-36(44-40(45-37)31-10-5-2-6-11-31)28-15-13-27(14-16-28)26-8-3-1-4-9-26/h1-25,37H,(H,44,45). The topological polar surface area (TPSA) is 50.2 Å². The Balaban J connectivity index is 1.20. The number of fused-ring (bicyclic) bond motifs is 3. The van der Waals surface area contributed by atoms with E-state index in [4.69, 9.17) is 9.98 Å². The normalized spacial score (nSPS) is 14.6. The summed E-state index contributed by atoms with van der Waals surface area (Å²) >= 11 is 3.80. The first kappa shape index (κ1) is 27.2. The number of benzene rings is 5. The zero-order valence-corrected chi connectivity index (χ0v) is 25.8. The highest BCUT2D eigenvalue weighted by Crippen LogP contribution is 2.34. The van der Waals surface area contributed by atoms with Crippen LogP contribution in [0.4, 0.5) is 0 Å². The number of rotatable bonds is 5. The number of halogens is 1. The second-order valence-corrected chi connectivity index (χ2v) is 12.0. The summed E-state index contributed by atoms with van der Waals surface area (Å²) in [7, 11) is 0. The molecule has 4 nitrogen and oxygen atoms in total. The molecule has 7 aromatic rings. The van der Waals surface area contributed by atoms with Gasteiger partial charge in [-0.25, -0.2) is 9.98 Å². The summed E-state index contributed by atoms with van der Waals surface area (Å²) < 4.78 is 0.987. The fourth-order valence-corrected chi connectivity index (χ4v) is 6.42. The molecule has 0 bridgehead atoms. The van der Waals surface area contributed by atoms with Crippen LogP contribution in [-0.4, -0.2) is 15.8 Å². The Morgan fingerprint density at radius 1 is 0.556 bits per heavy atom. The van der Waals surface area contributed by atoms with Crippen molar-refractivity contribution in [2.45, 2.75) is 6.04 Å². The third-order valence-electron chi connectivity index (χ3n) is 8.19. The molecule has 1 aliphatic rings. The van der Waals surface area contributed by atoms with E-state index in [1.807, 2.05) is 36.5 Å². The maximum Gasteiger partial charge on any atom is 0.134 e. The van der Waals surface area contributed by atoms with Crippen LogP contribution in [0.5, 0.6) is 0 Å². The molecule has 3 heterocycles. The van der Waals surface area contributed by atoms with Crippen molar-refractivity contribution in [3.05, 3.63) is 173 Å². The SMILES string of the molecule is Brc1cc(-c2ccc3ccc4cccnc4c3n2)cc(C2C=C(c3ccc(-c4ccccc4)cc3)N=C(c3ccccc3)N2)c1. The van der Waals surface area contributed by atoms with Crippen LogP contribution in [0.15, 0.2) is 161 Å². The van der Waals surface area contributed by atoms with Crippen molar-refractivity contribution in [3.63, 3.8) is 0 Å². The first-order valence-corrected chi connectivity index (χ1v) is 15.7. The molecule has 0 fully saturated rings. The van der Waals surface area contributed by atoms with Crippen LogP contribution in [0.25, 0.3) is 49.9 Å². The van der Waals surface area contributed by atoms with Crippen LogP contribution >= 0.6 is 15.9 Å². The summed E-state index contributed by atoms with van der Waals surface area (Å²) in [5, 5.41) is 5.86. The number of nitrogens with zero attached hydrogens (tertiary/aromatic N) is 3. The van der Waals surface area contributed by atoms with Crippen molar-refractivity contribution >= 4 is 49.3 Å². The van der Waals surface area contributed by atoms with Gasteiger partial charge < -0.3 is 5.32 Å². The molecule has 0 saturated heterocycles. The average Bonchev–Trinajstić information content (AvgIpc) is 3.11. The minimum absolute atomic E-state index is 0.110. The Labute approximate surface area is 270 Å². The first-order chi connectivity index (χ1) is 22.2. The lowest BCUT2D eigenvalue weighted by Crippen LogP contribution is -2.31. The van der Waals surface area contributed by atoms with Crippen LogP contribution < -0.4 is 5.32 Å². The molecule has 45 heavy (non-hydrogen) atoms. The highest BCUT2D eigenvalue weighted by Gasteiger charge is 2.21. The van der Waals surface area contributed by atoms with Crippen molar-refractivity contribution in [1.82, 2.24) is 15.3 Å². The number of aliphatic imine (C=N–C) groups is 1. The molecule has 5 heteroatoms. The lowest BCUT2D eigenvalue weighted by molar-refractivity contribution is 0.780. The zero-order valence-electron chi connectivity index (χ0n) is 24.2. The van der Waals surface area contributed by atoms with Gasteiger partial charge in [0.25, 0.3) is 0 Å². The maximum atomic E-state index is 5.12. The molecule has 1 N–H and O–H groups in total. The lowest BCUT2D eigenvalue weighted by atomic mass is 9.97. The molecular weight excluding hydrogens is 616 g/mol. The van der Waals surface area contributed by atoms with Crippen LogP contribution in [-0.2, 0) is 0 Å². The molecule has 0 saturated carbocycles. The van der Waals surface area contributed by atoms with Crippen molar-refractivity contribution in [3.8, 4) is 22.4 Å². The second-order valence-electron chi connectivity index (χ2n) is 11.1. The summed E-state index contributed by atoms with van der Waals surface area (Å²) in [6.45, 7) is 0. The van der Waals surface area contributed by atoms with Crippen LogP contribution in [0.1, 0.15) is 22.7 Å². The average molecular weight is 644 g/mol. The number of hydrogen-bond acceptors (Lipinski definition) is 4. The molecule has 0 amide bonds. The van der Waals surface area contributed by atoms with E-state index in [-0.39, 0.29) is 6.04 Å². The fourth-order valence-electron chi connectivity index (χ4n) is 5.91. The summed E-state index contributed by atoms with van der Waals surface area (Å²) in [6.07, 6.45) is 4.04. The Kier molecular flexibility index (Phi) is 7.01. The maximum absolute atomic E-state index is 5.12. The highest BCUT2D eigenvalue weighted by atomic mass is 79.9. The highest BCUT2D eigenvalue weighted by molar-refractivity contribution is 9.10. The largest absolute Gasteiger partial charge is 0.359 e. The van der Waals surface area contributed by atoms with Crippen molar-refractivity contribution in [2.75, 3.05) is 0 Å². The number of aromatic nitrogens is 2. The summed E-state index contributed by atoms with van der Waals surface area (Å²) in [5.41, 5.74) is 10.3. The summed E-state index contributed by atoms with van der Waals surface area (Å²) in [5.74, 6) is 0.841. The minimum Gasteiger partial charge on any atom is -0.359 e. The Bertz CT molecular complexity index is 2240. The van der Waals surface area contributed by atoms with Gasteiger partial charge in [0.15, 0.2) is 0 Å². The second kappa shape index (κ2) is 11.6. The van der Waals surface area contributed by atoms with Crippen molar-refractivity contribution in [1.29, 1.82) is 0 Å². The molecule has 0 aliphatic carbocycles. The van der Waals surface area contributed by atoms with Crippen LogP contribution in [0, 0.1) is 0 Å². The summed E-state index contributed by atoms with van der Waals surface area (Å²) in [6, 6.07) is 48.3. The van der Waals surface area contributed by atoms with E-state index in [0.717, 1.165) is 65.8 Å². The van der Waals surface area contributed by atoms with Gasteiger partial charge in [-0.3, -0.25) is 4.98 Å². The lowest BCUT2D eigenvalue weighted by Gasteiger charge is -2.25. The number of amidine groups is 1. The number of pyridine rings is 2. The Morgan fingerprint density at radius 3 is 2.00 bits per heavy atom. The van der Waals surface area contributed by atoms with Crippen LogP contribution in [0.3, 0.4) is 0 Å². The van der Waals surface area contributed by atoms with E-state index < -0.39 is 0 Å². The van der Waals surface area contributed by atoms with Gasteiger partial charge in [-0.15, -0.1) is 0 Å². The van der Waals surface area contributed by atoms with Gasteiger partial charge in [-0.1, -0.05) is 125 Å². The Hall–Kier alpha value is -5.39. The van der Waals surface area contributed by atoms with E-state index in [1.54, 1.807) is 0 Å². The van der Waals surface area contributed by atoms with Gasteiger partial charge in [0, 0.05) is 32.6 Å². The molecule has 5 aromatic carbocycles. The van der Waals surface area contributed by atoms with Gasteiger partial charge >= 0.3 is 0 Å². The van der Waals surface area contributed by atoms with E-state index in [2.05, 4.69) is 142 Å². The quantitative estimate of drug-likeness (QED) is 0.190. The molecule has 214 valence electrons. The van der Waals surface area contributed by atoms with Gasteiger partial charge in [0.05, 0.1) is 28.5 Å². The predicted octanol–water partition coefficient (Wildman–Crippen LogP) is 10.0. The van der Waals surface area contributed by atoms with E-state index in [0.29, 0.717) is 0 Å². The molecule has 1 aliphatic heterocycles. The van der Waals surface area contributed by atoms with Gasteiger partial charge in [0.2, 0.25) is 0 Å². The van der Waals surface area contributed by atoms with E-state index in [9.17, 15) is 0 Å². The molecule has 1 unspecified atom stereocenters. The third-order valence-corrected chi connectivity index (χ3v) is 8.65. The zero-order chi connectivity index (χ0) is 30.2. The van der Waals surface area contributed by atoms with Gasteiger partial charge in [-0.2, -0.15) is 0 Å². The fraction of sp³-hybridized carbons (Fsp3) is 0.0250. The third kappa shape index (κ3) is 5.43. The molecular formula is C40H27BrN4. The van der Waals surface area contributed by atoms with Crippen molar-refractivity contribution in [2.24, 2.45) is 4.99 Å². The smallest absolute Gasteiger partial charge is 0.134 e. The van der Waals surface area contributed by atoms with E-state index >= 15 is 0 Å². The molecule has 2 aromatic heterocycles. The van der Waals surface area contributed by atoms with Crippen LogP contribution in [0.2, 0.25) is 0 Å². The molecule has 8 rings (SSSR count). The van der Waals surface area contributed by atoms with Crippen molar-refractivity contribution < 1.29 is 0 Å². The number of hydrogen-bond donors (Lipinski definition) is 1. The molecule has 0 radical (unpaired) electrons. The van der Waals surface area contributed by atoms with E-state index in [1.165, 1.54) is 11.1 Å². The predicted molar refractivity (Wildman–Crippen MR) is 189 cm³/mol. The minimum atomic E-state index is -0.110. The first-order valence-electron chi connectivity index (χ1n) is 14.9. The Morgan fingerprint density at radius 2 is 1.22 bits per heavy atom. The van der Waals surface area contributed by atoms with Gasteiger partial charge in [-0.05, 0) is 58.7 Å². The number of nitrogens with one attached hydrogen (secondary N) is 1. The monoisotopic (exact) mass is 642 g/mol. The molecule has 1 atom stereocenters. The van der Waals surface area contributed by atoms with Gasteiger partial charge in [0.1, 0.15) is 5.84 Å². The summed E-state index contributed by atoms with van der Waals surface area (Å²) in [4.78, 5) is 14.9. The molecule has 0 spiro atoms.